The second kappa shape index (κ2) is 6.12. The van der Waals surface area contributed by atoms with E-state index < -0.39 is 0 Å². The van der Waals surface area contributed by atoms with Crippen molar-refractivity contribution in [2.45, 2.75) is 0 Å². The van der Waals surface area contributed by atoms with Crippen LogP contribution in [0.1, 0.15) is 10.4 Å². The fourth-order valence-corrected chi connectivity index (χ4v) is 2.25. The Morgan fingerprint density at radius 3 is 2.58 bits per heavy atom. The van der Waals surface area contributed by atoms with Crippen molar-refractivity contribution in [3.05, 3.63) is 29.6 Å². The second-order valence-corrected chi connectivity index (χ2v) is 4.91. The van der Waals surface area contributed by atoms with Gasteiger partial charge in [-0.3, -0.25) is 4.79 Å². The zero-order valence-electron chi connectivity index (χ0n) is 11.4. The van der Waals surface area contributed by atoms with Crippen LogP contribution in [0.3, 0.4) is 0 Å². The maximum Gasteiger partial charge on any atom is 0.176 e. The average molecular weight is 265 g/mol. The number of halogens is 1. The van der Waals surface area contributed by atoms with E-state index in [0.717, 1.165) is 26.2 Å². The Labute approximate surface area is 113 Å². The van der Waals surface area contributed by atoms with Gasteiger partial charge in [0.2, 0.25) is 0 Å². The molecule has 0 aromatic heterocycles. The van der Waals surface area contributed by atoms with Crippen molar-refractivity contribution in [3.8, 4) is 0 Å². The Bertz CT molecular complexity index is 456. The molecular weight excluding hydrogens is 245 g/mol. The van der Waals surface area contributed by atoms with E-state index in [-0.39, 0.29) is 18.1 Å². The van der Waals surface area contributed by atoms with Crippen LogP contribution in [0.2, 0.25) is 0 Å². The Kier molecular flexibility index (Phi) is 4.50. The van der Waals surface area contributed by atoms with Crippen LogP contribution in [0, 0.1) is 5.82 Å². The molecule has 0 bridgehead atoms. The second-order valence-electron chi connectivity index (χ2n) is 4.91. The molecule has 1 heterocycles. The molecule has 0 atom stereocenters. The highest BCUT2D eigenvalue weighted by atomic mass is 19.1. The molecule has 1 saturated heterocycles. The number of benzene rings is 1. The summed E-state index contributed by atoms with van der Waals surface area (Å²) in [5.41, 5.74) is 1.01. The van der Waals surface area contributed by atoms with Crippen molar-refractivity contribution in [1.29, 1.82) is 0 Å². The van der Waals surface area contributed by atoms with Gasteiger partial charge in [-0.1, -0.05) is 0 Å². The predicted octanol–water partition coefficient (Wildman–Crippen LogP) is 0.980. The first-order valence-electron chi connectivity index (χ1n) is 6.52. The summed E-state index contributed by atoms with van der Waals surface area (Å²) < 4.78 is 14.1. The van der Waals surface area contributed by atoms with Crippen molar-refractivity contribution in [1.82, 2.24) is 10.2 Å². The molecule has 5 heteroatoms. The van der Waals surface area contributed by atoms with Gasteiger partial charge in [-0.2, -0.15) is 0 Å². The van der Waals surface area contributed by atoms with Gasteiger partial charge in [-0.25, -0.2) is 4.39 Å². The van der Waals surface area contributed by atoms with Gasteiger partial charge in [0.15, 0.2) is 5.78 Å². The average Bonchev–Trinajstić information content (AvgIpc) is 2.40. The van der Waals surface area contributed by atoms with Crippen molar-refractivity contribution >= 4 is 11.5 Å². The van der Waals surface area contributed by atoms with E-state index in [9.17, 15) is 9.18 Å². The van der Waals surface area contributed by atoms with Crippen LogP contribution in [-0.4, -0.2) is 57.5 Å². The lowest BCUT2D eigenvalue weighted by molar-refractivity contribution is 0.0993. The standard InChI is InChI=1S/C14H20FN3O/c1-16-10-14(19)11-3-4-13(12(15)9-11)18-7-5-17(2)6-8-18/h3-4,9,16H,5-8,10H2,1-2H3. The molecular formula is C14H20FN3O. The third-order valence-electron chi connectivity index (χ3n) is 3.45. The molecule has 0 unspecified atom stereocenters. The maximum absolute atomic E-state index is 14.1. The first-order chi connectivity index (χ1) is 9.11. The Hall–Kier alpha value is -1.46. The van der Waals surface area contributed by atoms with Gasteiger partial charge in [-0.05, 0) is 32.3 Å². The monoisotopic (exact) mass is 265 g/mol. The first kappa shape index (κ1) is 14.0. The number of nitrogens with zero attached hydrogens (tertiary/aromatic N) is 2. The van der Waals surface area contributed by atoms with Gasteiger partial charge in [0.25, 0.3) is 0 Å². The zero-order chi connectivity index (χ0) is 13.8. The minimum atomic E-state index is -0.313. The molecule has 0 aliphatic carbocycles. The van der Waals surface area contributed by atoms with E-state index in [1.54, 1.807) is 19.2 Å². The van der Waals surface area contributed by atoms with Crippen LogP contribution in [0.5, 0.6) is 0 Å². The number of anilines is 1. The Morgan fingerprint density at radius 1 is 1.32 bits per heavy atom. The number of likely N-dealkylation sites (N-methyl/N-ethyl adjacent to an activating group) is 2. The molecule has 0 spiro atoms. The fraction of sp³-hybridized carbons (Fsp3) is 0.500. The molecule has 4 nitrogen and oxygen atoms in total. The third-order valence-corrected chi connectivity index (χ3v) is 3.45. The van der Waals surface area contributed by atoms with E-state index in [2.05, 4.69) is 17.3 Å². The molecule has 1 N–H and O–H groups in total. The molecule has 1 fully saturated rings. The molecule has 0 amide bonds. The third kappa shape index (κ3) is 3.30. The van der Waals surface area contributed by atoms with Gasteiger partial charge in [-0.15, -0.1) is 0 Å². The van der Waals surface area contributed by atoms with E-state index in [0.29, 0.717) is 11.3 Å². The van der Waals surface area contributed by atoms with Gasteiger partial charge in [0.1, 0.15) is 5.82 Å². The van der Waals surface area contributed by atoms with E-state index in [1.165, 1.54) is 6.07 Å². The molecule has 0 radical (unpaired) electrons. The largest absolute Gasteiger partial charge is 0.367 e. The molecule has 0 saturated carbocycles. The summed E-state index contributed by atoms with van der Waals surface area (Å²) in [6.07, 6.45) is 0. The predicted molar refractivity (Wildman–Crippen MR) is 74.4 cm³/mol. The van der Waals surface area contributed by atoms with Crippen molar-refractivity contribution < 1.29 is 9.18 Å². The number of hydrogen-bond donors (Lipinski definition) is 1. The van der Waals surface area contributed by atoms with Gasteiger partial charge in [0.05, 0.1) is 12.2 Å². The summed E-state index contributed by atoms with van der Waals surface area (Å²) in [6, 6.07) is 4.76. The summed E-state index contributed by atoms with van der Waals surface area (Å²) in [5, 5.41) is 2.78. The van der Waals surface area contributed by atoms with Crippen LogP contribution in [-0.2, 0) is 0 Å². The Balaban J connectivity index is 2.13. The van der Waals surface area contributed by atoms with E-state index >= 15 is 0 Å². The van der Waals surface area contributed by atoms with Crippen LogP contribution < -0.4 is 10.2 Å². The fourth-order valence-electron chi connectivity index (χ4n) is 2.25. The number of carbonyl (C=O) groups is 1. The minimum absolute atomic E-state index is 0.0914. The smallest absolute Gasteiger partial charge is 0.176 e. The number of ketones is 1. The minimum Gasteiger partial charge on any atom is -0.367 e. The quantitative estimate of drug-likeness (QED) is 0.823. The number of carbonyl (C=O) groups excluding carboxylic acids is 1. The summed E-state index contributed by atoms with van der Waals surface area (Å²) >= 11 is 0. The lowest BCUT2D eigenvalue weighted by Gasteiger charge is -2.34. The highest BCUT2D eigenvalue weighted by molar-refractivity contribution is 5.97. The SMILES string of the molecule is CNCC(=O)c1ccc(N2CCN(C)CC2)c(F)c1. The van der Waals surface area contributed by atoms with Gasteiger partial charge in [0, 0.05) is 31.7 Å². The van der Waals surface area contributed by atoms with Crippen molar-refractivity contribution in [3.63, 3.8) is 0 Å². The lowest BCUT2D eigenvalue weighted by atomic mass is 10.1. The van der Waals surface area contributed by atoms with Gasteiger partial charge >= 0.3 is 0 Å². The summed E-state index contributed by atoms with van der Waals surface area (Å²) in [5.74, 6) is -0.405. The van der Waals surface area contributed by atoms with Crippen molar-refractivity contribution in [2.75, 3.05) is 51.7 Å². The number of rotatable bonds is 4. The molecule has 104 valence electrons. The topological polar surface area (TPSA) is 35.6 Å². The Morgan fingerprint density at radius 2 is 2.00 bits per heavy atom. The van der Waals surface area contributed by atoms with Crippen molar-refractivity contribution in [2.24, 2.45) is 0 Å². The normalized spacial score (nSPS) is 16.7. The first-order valence-corrected chi connectivity index (χ1v) is 6.52. The maximum atomic E-state index is 14.1. The lowest BCUT2D eigenvalue weighted by Crippen LogP contribution is -2.44. The van der Waals surface area contributed by atoms with Crippen LogP contribution in [0.25, 0.3) is 0 Å². The highest BCUT2D eigenvalue weighted by Crippen LogP contribution is 2.22. The molecule has 2 rings (SSSR count). The summed E-state index contributed by atoms with van der Waals surface area (Å²) in [7, 11) is 3.76. The van der Waals surface area contributed by atoms with Crippen LogP contribution in [0.15, 0.2) is 18.2 Å². The summed E-state index contributed by atoms with van der Waals surface area (Å²) in [4.78, 5) is 15.9. The number of nitrogens with one attached hydrogen (secondary N) is 1. The van der Waals surface area contributed by atoms with Crippen LogP contribution in [0.4, 0.5) is 10.1 Å². The molecule has 1 aliphatic rings. The molecule has 1 aromatic rings. The molecule has 1 aromatic carbocycles. The van der Waals surface area contributed by atoms with Crippen LogP contribution >= 0.6 is 0 Å². The van der Waals surface area contributed by atoms with Gasteiger partial charge < -0.3 is 15.1 Å². The molecule has 1 aliphatic heterocycles. The zero-order valence-corrected chi connectivity index (χ0v) is 11.4. The summed E-state index contributed by atoms with van der Waals surface area (Å²) in [6.45, 7) is 3.72. The number of Topliss-reactive ketones (excluding diaryl/α,β-unsaturated/α-hetero) is 1. The highest BCUT2D eigenvalue weighted by Gasteiger charge is 2.18. The number of hydrogen-bond acceptors (Lipinski definition) is 4. The molecule has 19 heavy (non-hydrogen) atoms. The van der Waals surface area contributed by atoms with E-state index in [1.807, 2.05) is 4.90 Å². The number of piperazine rings is 1. The van der Waals surface area contributed by atoms with E-state index in [4.69, 9.17) is 0 Å².